The predicted octanol–water partition coefficient (Wildman–Crippen LogP) is 8.18. The van der Waals surface area contributed by atoms with Crippen LogP contribution in [0.2, 0.25) is 0 Å². The second-order valence-electron chi connectivity index (χ2n) is 7.71. The van der Waals surface area contributed by atoms with Gasteiger partial charge < -0.3 is 5.11 Å². The van der Waals surface area contributed by atoms with Crippen LogP contribution in [0, 0.1) is 6.92 Å². The van der Waals surface area contributed by atoms with Gasteiger partial charge in [-0.25, -0.2) is 0 Å². The molecule has 0 unspecified atom stereocenters. The monoisotopic (exact) mass is 551 g/mol. The maximum absolute atomic E-state index is 11.4. The zero-order valence-corrected chi connectivity index (χ0v) is 22.5. The van der Waals surface area contributed by atoms with Gasteiger partial charge in [0.1, 0.15) is 5.75 Å². The quantitative estimate of drug-likeness (QED) is 0.196. The van der Waals surface area contributed by atoms with Crippen molar-refractivity contribution in [2.75, 3.05) is 0 Å². The summed E-state index contributed by atoms with van der Waals surface area (Å²) in [4.78, 5) is 4.58. The summed E-state index contributed by atoms with van der Waals surface area (Å²) in [7, 11) is 9.87. The average molecular weight is 554 g/mol. The molecule has 0 fully saturated rings. The summed E-state index contributed by atoms with van der Waals surface area (Å²) in [5.74, 6) is 0.268. The van der Waals surface area contributed by atoms with Crippen LogP contribution in [0.15, 0.2) is 108 Å². The zero-order valence-electron chi connectivity index (χ0n) is 18.5. The van der Waals surface area contributed by atoms with Gasteiger partial charge in [0, 0.05) is 22.8 Å². The molecule has 166 valence electrons. The van der Waals surface area contributed by atoms with E-state index in [0.29, 0.717) is 0 Å². The Labute approximate surface area is 214 Å². The molecule has 1 N–H and O–H groups in total. The minimum atomic E-state index is -0.826. The third-order valence-corrected chi connectivity index (χ3v) is 5.77. The first kappa shape index (κ1) is 25.4. The molecule has 0 spiro atoms. The Hall–Kier alpha value is -2.19. The number of hydrogen-bond donors (Lipinski definition) is 1. The van der Waals surface area contributed by atoms with E-state index in [0.717, 1.165) is 33.5 Å². The number of benzene rings is 4. The normalized spacial score (nSPS) is 11.0. The van der Waals surface area contributed by atoms with Crippen LogP contribution in [0.1, 0.15) is 34.7 Å². The number of aromatic hydroxyl groups is 1. The number of aliphatic imine (C=N–C) groups is 1. The van der Waals surface area contributed by atoms with Crippen LogP contribution in [-0.2, 0) is 26.3 Å². The van der Waals surface area contributed by atoms with Crippen molar-refractivity contribution in [3.8, 4) is 5.75 Å². The topological polar surface area (TPSA) is 32.6 Å². The Morgan fingerprint density at radius 2 is 1.21 bits per heavy atom. The van der Waals surface area contributed by atoms with E-state index in [4.69, 9.17) is 17.0 Å². The molecule has 0 heterocycles. The van der Waals surface area contributed by atoms with E-state index in [1.54, 1.807) is 6.21 Å². The molecular weight excluding hydrogens is 528 g/mol. The number of aryl methyl sites for hydroxylation is 1. The van der Waals surface area contributed by atoms with E-state index in [1.807, 2.05) is 79.7 Å². The van der Waals surface area contributed by atoms with Crippen LogP contribution in [0.25, 0.3) is 0 Å². The second-order valence-corrected chi connectivity index (χ2v) is 11.4. The van der Waals surface area contributed by atoms with Crippen LogP contribution < -0.4 is 0 Å². The number of phenols is 1. The van der Waals surface area contributed by atoms with Gasteiger partial charge in [0.05, 0.1) is 5.69 Å². The third kappa shape index (κ3) is 6.04. The van der Waals surface area contributed by atoms with Crippen LogP contribution in [0.5, 0.6) is 5.75 Å². The third-order valence-electron chi connectivity index (χ3n) is 5.77. The summed E-state index contributed by atoms with van der Waals surface area (Å²) < 4.78 is 0. The van der Waals surface area contributed by atoms with E-state index >= 15 is 0 Å². The summed E-state index contributed by atoms with van der Waals surface area (Å²) in [6.07, 6.45) is 1.76. The maximum atomic E-state index is 11.4. The van der Waals surface area contributed by atoms with Crippen LogP contribution in [0.4, 0.5) is 5.69 Å². The van der Waals surface area contributed by atoms with E-state index < -0.39 is 26.3 Å². The molecular formula is C28H25Cl2NOZr. The Balaban J connectivity index is 0.000000968. The fraction of sp³-hybridized carbons (Fsp3) is 0.107. The fourth-order valence-electron chi connectivity index (χ4n) is 3.95. The molecule has 4 aromatic rings. The second kappa shape index (κ2) is 12.3. The van der Waals surface area contributed by atoms with Gasteiger partial charge in [-0.3, -0.25) is 4.99 Å². The van der Waals surface area contributed by atoms with E-state index in [-0.39, 0.29) is 5.75 Å². The zero-order chi connectivity index (χ0) is 23.7. The van der Waals surface area contributed by atoms with Crippen LogP contribution in [0.3, 0.4) is 0 Å². The van der Waals surface area contributed by atoms with Gasteiger partial charge in [0.2, 0.25) is 0 Å². The van der Waals surface area contributed by atoms with Gasteiger partial charge in [-0.15, -0.1) is 0 Å². The first-order valence-electron chi connectivity index (χ1n) is 10.5. The van der Waals surface area contributed by atoms with Gasteiger partial charge in [-0.1, -0.05) is 91.0 Å². The van der Waals surface area contributed by atoms with Gasteiger partial charge >= 0.3 is 37.9 Å². The van der Waals surface area contributed by atoms with Crippen molar-refractivity contribution < 1.29 is 26.0 Å². The summed E-state index contributed by atoms with van der Waals surface area (Å²) in [5.41, 5.74) is 5.20. The molecule has 4 aromatic carbocycles. The summed E-state index contributed by atoms with van der Waals surface area (Å²) in [6, 6.07) is 34.5. The van der Waals surface area contributed by atoms with Crippen LogP contribution >= 0.6 is 17.0 Å². The van der Waals surface area contributed by atoms with Crippen LogP contribution in [-0.4, -0.2) is 11.3 Å². The minimum absolute atomic E-state index is 0.268. The van der Waals surface area contributed by atoms with Gasteiger partial charge in [-0.2, -0.15) is 0 Å². The van der Waals surface area contributed by atoms with Crippen molar-refractivity contribution in [1.29, 1.82) is 0 Å². The molecule has 2 nitrogen and oxygen atoms in total. The van der Waals surface area contributed by atoms with Crippen molar-refractivity contribution in [2.24, 2.45) is 4.99 Å². The van der Waals surface area contributed by atoms with E-state index in [2.05, 4.69) is 42.2 Å². The molecule has 0 bridgehead atoms. The summed E-state index contributed by atoms with van der Waals surface area (Å²) >= 11 is -0.826. The molecule has 0 saturated carbocycles. The van der Waals surface area contributed by atoms with Crippen molar-refractivity contribution in [1.82, 2.24) is 0 Å². The van der Waals surface area contributed by atoms with Gasteiger partial charge in [-0.05, 0) is 42.7 Å². The molecule has 5 heteroatoms. The van der Waals surface area contributed by atoms with Crippen molar-refractivity contribution >= 4 is 28.9 Å². The van der Waals surface area contributed by atoms with Gasteiger partial charge in [0.25, 0.3) is 0 Å². The number of halogens is 2. The molecule has 0 radical (unpaired) electrons. The molecule has 0 aliphatic heterocycles. The number of hydrogen-bond acceptors (Lipinski definition) is 2. The van der Waals surface area contributed by atoms with Gasteiger partial charge in [0.15, 0.2) is 0 Å². The molecule has 0 aromatic heterocycles. The molecule has 0 saturated heterocycles. The molecule has 0 atom stereocenters. The Morgan fingerprint density at radius 1 is 0.758 bits per heavy atom. The van der Waals surface area contributed by atoms with Crippen molar-refractivity contribution in [2.45, 2.75) is 19.3 Å². The molecule has 0 aliphatic rings. The van der Waals surface area contributed by atoms with Crippen molar-refractivity contribution in [3.05, 3.63) is 131 Å². The van der Waals surface area contributed by atoms with Crippen molar-refractivity contribution in [3.63, 3.8) is 0 Å². The number of nitrogens with zero attached hydrogens (tertiary/aromatic N) is 1. The standard InChI is InChI=1S/C28H25NO.2ClH.Zr/c1-21-18-19-26(27(30)25(21)20-29-24-16-10-5-11-17-24)28(2,22-12-6-3-7-13-22)23-14-8-4-9-15-23;;;/h3-20,30H,1-2H3;2*1H;/q;;;+2/p-2. The fourth-order valence-corrected chi connectivity index (χ4v) is 3.95. The SMILES string of the molecule is Cc1ccc(C(C)(c2ccccc2)c2ccccc2)c(O)c1C=Nc1ccccc1.[Cl][Zr][Cl]. The van der Waals surface area contributed by atoms with E-state index in [1.165, 1.54) is 0 Å². The summed E-state index contributed by atoms with van der Waals surface area (Å²) in [5, 5.41) is 11.4. The molecule has 0 aliphatic carbocycles. The Bertz CT molecular complexity index is 1140. The number of para-hydroxylation sites is 1. The predicted molar refractivity (Wildman–Crippen MR) is 137 cm³/mol. The number of rotatable bonds is 5. The molecule has 4 rings (SSSR count). The first-order valence-corrected chi connectivity index (χ1v) is 16.8. The first-order chi connectivity index (χ1) is 16.0. The Morgan fingerprint density at radius 3 is 1.70 bits per heavy atom. The number of phenolic OH excluding ortho intramolecular Hbond substituents is 1. The summed E-state index contributed by atoms with van der Waals surface area (Å²) in [6.45, 7) is 4.17. The van der Waals surface area contributed by atoms with E-state index in [9.17, 15) is 5.11 Å². The average Bonchev–Trinajstić information content (AvgIpc) is 2.86. The molecule has 33 heavy (non-hydrogen) atoms. The molecule has 0 amide bonds. The Kier molecular flexibility index (Phi) is 9.50.